The van der Waals surface area contributed by atoms with Crippen molar-refractivity contribution < 1.29 is 14.0 Å². The molecule has 0 bridgehead atoms. The number of carbonyl (C=O) groups excluding carboxylic acids is 2. The van der Waals surface area contributed by atoms with Crippen molar-refractivity contribution in [3.63, 3.8) is 0 Å². The van der Waals surface area contributed by atoms with E-state index in [4.69, 9.17) is 16.6 Å². The van der Waals surface area contributed by atoms with Gasteiger partial charge < -0.3 is 10.2 Å². The highest BCUT2D eigenvalue weighted by atomic mass is 35.5. The molecule has 9 nitrogen and oxygen atoms in total. The number of amidine groups is 1. The number of nitriles is 1. The molecule has 1 fully saturated rings. The number of allylic oxidation sites excluding steroid dienone is 4. The molecule has 11 heteroatoms. The predicted octanol–water partition coefficient (Wildman–Crippen LogP) is 5.40. The SMILES string of the molecule is C=CCCN(C(=NC)c1cc(Cl)c(C2=CCCC=C2F)nc1N(C=O)c1ncccc1C1(C#N)CC1)C(C)CNC=O. The van der Waals surface area contributed by atoms with Crippen molar-refractivity contribution in [3.8, 4) is 6.07 Å². The molecule has 2 heterocycles. The Hall–Kier alpha value is -4.36. The Morgan fingerprint density at radius 3 is 2.71 bits per heavy atom. The summed E-state index contributed by atoms with van der Waals surface area (Å²) >= 11 is 6.79. The number of pyridine rings is 2. The van der Waals surface area contributed by atoms with Crippen LogP contribution in [0.25, 0.3) is 5.57 Å². The summed E-state index contributed by atoms with van der Waals surface area (Å²) in [5.41, 5.74) is 0.670. The molecule has 0 radical (unpaired) electrons. The largest absolute Gasteiger partial charge is 0.357 e. The minimum absolute atomic E-state index is 0.136. The van der Waals surface area contributed by atoms with Gasteiger partial charge in [-0.3, -0.25) is 14.6 Å². The summed E-state index contributed by atoms with van der Waals surface area (Å²) in [5.74, 6) is 0.396. The van der Waals surface area contributed by atoms with Gasteiger partial charge in [-0.2, -0.15) is 5.26 Å². The Morgan fingerprint density at radius 1 is 1.33 bits per heavy atom. The van der Waals surface area contributed by atoms with Gasteiger partial charge in [-0.15, -0.1) is 6.58 Å². The zero-order valence-corrected chi connectivity index (χ0v) is 24.4. The van der Waals surface area contributed by atoms with Crippen LogP contribution in [-0.2, 0) is 15.0 Å². The van der Waals surface area contributed by atoms with Crippen LogP contribution in [-0.4, -0.2) is 59.7 Å². The smallest absolute Gasteiger partial charge is 0.221 e. The molecule has 0 spiro atoms. The van der Waals surface area contributed by atoms with Crippen molar-refractivity contribution in [1.82, 2.24) is 20.2 Å². The number of halogens is 2. The van der Waals surface area contributed by atoms with Gasteiger partial charge in [0.05, 0.1) is 27.8 Å². The third-order valence-electron chi connectivity index (χ3n) is 7.46. The van der Waals surface area contributed by atoms with Crippen LogP contribution in [0.3, 0.4) is 0 Å². The molecule has 1 N–H and O–H groups in total. The fraction of sp³-hybridized carbons (Fsp3) is 0.355. The topological polar surface area (TPSA) is 115 Å². The maximum atomic E-state index is 15.0. The first kappa shape index (κ1) is 30.6. The van der Waals surface area contributed by atoms with Crippen LogP contribution in [0.2, 0.25) is 5.02 Å². The fourth-order valence-electron chi connectivity index (χ4n) is 5.10. The number of hydrogen-bond acceptors (Lipinski definition) is 6. The number of carbonyl (C=O) groups is 2. The molecule has 2 aromatic heterocycles. The average Bonchev–Trinajstić information content (AvgIpc) is 3.81. The van der Waals surface area contributed by atoms with Crippen molar-refractivity contribution in [2.24, 2.45) is 4.99 Å². The van der Waals surface area contributed by atoms with E-state index in [0.717, 1.165) is 0 Å². The van der Waals surface area contributed by atoms with Crippen LogP contribution in [0.15, 0.2) is 60.0 Å². The van der Waals surface area contributed by atoms with Gasteiger partial charge >= 0.3 is 0 Å². The lowest BCUT2D eigenvalue weighted by atomic mass is 9.97. The third kappa shape index (κ3) is 6.11. The van der Waals surface area contributed by atoms with Gasteiger partial charge in [0.15, 0.2) is 5.82 Å². The van der Waals surface area contributed by atoms with E-state index in [9.17, 15) is 14.9 Å². The van der Waals surface area contributed by atoms with Crippen LogP contribution in [0.4, 0.5) is 16.0 Å². The van der Waals surface area contributed by atoms with Gasteiger partial charge in [0.25, 0.3) is 0 Å². The molecule has 1 atom stereocenters. The molecule has 218 valence electrons. The monoisotopic (exact) mass is 589 g/mol. The molecule has 1 saturated carbocycles. The minimum Gasteiger partial charge on any atom is -0.357 e. The second-order valence-corrected chi connectivity index (χ2v) is 10.6. The van der Waals surface area contributed by atoms with E-state index >= 15 is 4.39 Å². The van der Waals surface area contributed by atoms with E-state index in [-0.39, 0.29) is 34.0 Å². The quantitative estimate of drug-likeness (QED) is 0.145. The van der Waals surface area contributed by atoms with Crippen LogP contribution in [0.5, 0.6) is 0 Å². The summed E-state index contributed by atoms with van der Waals surface area (Å²) in [6, 6.07) is 7.30. The lowest BCUT2D eigenvalue weighted by molar-refractivity contribution is -0.109. The van der Waals surface area contributed by atoms with E-state index < -0.39 is 11.2 Å². The zero-order chi connectivity index (χ0) is 30.3. The van der Waals surface area contributed by atoms with E-state index in [1.54, 1.807) is 43.6 Å². The van der Waals surface area contributed by atoms with E-state index in [0.29, 0.717) is 75.0 Å². The van der Waals surface area contributed by atoms with Crippen LogP contribution in [0, 0.1) is 11.3 Å². The van der Waals surface area contributed by atoms with Gasteiger partial charge in [-0.25, -0.2) is 19.3 Å². The lowest BCUT2D eigenvalue weighted by Crippen LogP contribution is -2.45. The molecule has 2 aromatic rings. The molecule has 0 aromatic carbocycles. The summed E-state index contributed by atoms with van der Waals surface area (Å²) in [6.07, 6.45) is 10.8. The molecular weight excluding hydrogens is 557 g/mol. The number of anilines is 2. The Morgan fingerprint density at radius 2 is 2.10 bits per heavy atom. The first-order valence-electron chi connectivity index (χ1n) is 13.8. The summed E-state index contributed by atoms with van der Waals surface area (Å²) in [7, 11) is 1.61. The summed E-state index contributed by atoms with van der Waals surface area (Å²) in [4.78, 5) is 41.2. The maximum Gasteiger partial charge on any atom is 0.221 e. The molecule has 0 aliphatic heterocycles. The van der Waals surface area contributed by atoms with Crippen LogP contribution in [0.1, 0.15) is 55.8 Å². The predicted molar refractivity (Wildman–Crippen MR) is 162 cm³/mol. The maximum absolute atomic E-state index is 15.0. The van der Waals surface area contributed by atoms with Crippen LogP contribution >= 0.6 is 11.6 Å². The summed E-state index contributed by atoms with van der Waals surface area (Å²) in [5, 5.41) is 12.9. The summed E-state index contributed by atoms with van der Waals surface area (Å²) < 4.78 is 15.0. The molecule has 2 aliphatic rings. The van der Waals surface area contributed by atoms with Gasteiger partial charge in [0, 0.05) is 43.5 Å². The van der Waals surface area contributed by atoms with Crippen molar-refractivity contribution in [1.29, 1.82) is 5.26 Å². The van der Waals surface area contributed by atoms with Crippen molar-refractivity contribution in [2.75, 3.05) is 25.0 Å². The zero-order valence-electron chi connectivity index (χ0n) is 23.7. The summed E-state index contributed by atoms with van der Waals surface area (Å²) in [6.45, 7) is 6.58. The Bertz CT molecular complexity index is 1490. The van der Waals surface area contributed by atoms with Gasteiger partial charge in [-0.05, 0) is 57.2 Å². The number of hydrogen-bond donors (Lipinski definition) is 1. The molecule has 1 unspecified atom stereocenters. The lowest BCUT2D eigenvalue weighted by Gasteiger charge is -2.33. The second kappa shape index (κ2) is 13.5. The highest BCUT2D eigenvalue weighted by Gasteiger charge is 2.47. The normalized spacial score (nSPS) is 16.3. The number of aliphatic imine (C=N–C) groups is 1. The first-order valence-corrected chi connectivity index (χ1v) is 14.1. The first-order chi connectivity index (χ1) is 20.3. The number of aromatic nitrogens is 2. The van der Waals surface area contributed by atoms with Crippen molar-refractivity contribution in [2.45, 2.75) is 50.5 Å². The van der Waals surface area contributed by atoms with Crippen molar-refractivity contribution in [3.05, 3.63) is 76.9 Å². The Kier molecular flexibility index (Phi) is 9.86. The van der Waals surface area contributed by atoms with Gasteiger partial charge in [0.1, 0.15) is 17.5 Å². The van der Waals surface area contributed by atoms with E-state index in [2.05, 4.69) is 27.9 Å². The minimum atomic E-state index is -0.756. The fourth-order valence-corrected chi connectivity index (χ4v) is 5.35. The molecular formula is C31H33ClFN7O2. The third-order valence-corrected chi connectivity index (χ3v) is 7.75. The van der Waals surface area contributed by atoms with Crippen molar-refractivity contribution >= 4 is 47.5 Å². The Balaban J connectivity index is 1.97. The number of amides is 2. The van der Waals surface area contributed by atoms with Gasteiger partial charge in [-0.1, -0.05) is 29.8 Å². The van der Waals surface area contributed by atoms with E-state index in [1.165, 1.54) is 11.0 Å². The molecule has 2 amide bonds. The van der Waals surface area contributed by atoms with Crippen LogP contribution < -0.4 is 10.2 Å². The van der Waals surface area contributed by atoms with E-state index in [1.807, 2.05) is 11.8 Å². The number of rotatable bonds is 13. The molecule has 2 aliphatic carbocycles. The second-order valence-electron chi connectivity index (χ2n) is 10.2. The highest BCUT2D eigenvalue weighted by molar-refractivity contribution is 6.33. The molecule has 0 saturated heterocycles. The molecule has 4 rings (SSSR count). The number of nitrogens with zero attached hydrogens (tertiary/aromatic N) is 6. The Labute approximate surface area is 250 Å². The average molecular weight is 590 g/mol. The van der Waals surface area contributed by atoms with Gasteiger partial charge in [0.2, 0.25) is 12.8 Å². The number of nitrogens with one attached hydrogen (secondary N) is 1. The molecule has 42 heavy (non-hydrogen) atoms. The highest BCUT2D eigenvalue weighted by Crippen LogP contribution is 2.51. The standard InChI is InChI=1S/C31H33ClFN7O2/c1-4-5-15-39(21(2)17-36-19-41)28(35-3)23-16-25(32)27(22-9-6-7-11-26(22)33)38-29(23)40(20-42)30-24(10-8-14-37-30)31(18-34)12-13-31/h4,8-11,14,16,19-21H,1,5-7,12-13,15,17H2,2-3H3,(H,36,41).